The predicted molar refractivity (Wildman–Crippen MR) is 193 cm³/mol. The molecule has 2 atom stereocenters. The number of carbonyl (C=O) groups excluding carboxylic acids is 2. The second-order valence-electron chi connectivity index (χ2n) is 12.4. The molecule has 0 bridgehead atoms. The number of anilines is 1. The Labute approximate surface area is 289 Å². The van der Waals surface area contributed by atoms with Crippen molar-refractivity contribution in [1.82, 2.24) is 14.9 Å². The fourth-order valence-corrected chi connectivity index (χ4v) is 6.24. The zero-order valence-corrected chi connectivity index (χ0v) is 29.6. The van der Waals surface area contributed by atoms with Gasteiger partial charge in [0, 0.05) is 43.7 Å². The number of carbonyl (C=O) groups is 2. The monoisotopic (exact) mass is 678 g/mol. The highest BCUT2D eigenvalue weighted by Gasteiger charge is 2.29. The molecule has 0 radical (unpaired) electrons. The highest BCUT2D eigenvalue weighted by Crippen LogP contribution is 2.35. The highest BCUT2D eigenvalue weighted by atomic mass is 19.1. The number of likely N-dealkylation sites (tertiary alicyclic amines) is 1. The number of fused-ring (bicyclic) bond motifs is 1. The Morgan fingerprint density at radius 3 is 2.45 bits per heavy atom. The molecule has 0 saturated carbocycles. The number of rotatable bonds is 11. The number of aldehydes is 1. The fourth-order valence-electron chi connectivity index (χ4n) is 6.24. The van der Waals surface area contributed by atoms with Gasteiger partial charge in [0.15, 0.2) is 0 Å². The van der Waals surface area contributed by atoms with Crippen molar-refractivity contribution >= 4 is 35.6 Å². The molecule has 9 nitrogen and oxygen atoms in total. The highest BCUT2D eigenvalue weighted by molar-refractivity contribution is 5.99. The number of amides is 1. The molecular weight excluding hydrogens is 626 g/mol. The third-order valence-electron chi connectivity index (χ3n) is 9.30. The number of halogens is 2. The van der Waals surface area contributed by atoms with Gasteiger partial charge in [-0.25, -0.2) is 18.7 Å². The average Bonchev–Trinajstić information content (AvgIpc) is 3.62. The van der Waals surface area contributed by atoms with Crippen molar-refractivity contribution in [2.75, 3.05) is 31.6 Å². The molecule has 2 fully saturated rings. The molecule has 0 aliphatic carbocycles. The van der Waals surface area contributed by atoms with E-state index in [1.54, 1.807) is 12.1 Å². The lowest BCUT2D eigenvalue weighted by molar-refractivity contribution is -0.133. The summed E-state index contributed by atoms with van der Waals surface area (Å²) < 4.78 is 29.9. The van der Waals surface area contributed by atoms with E-state index in [0.29, 0.717) is 52.6 Å². The first-order valence-electron chi connectivity index (χ1n) is 17.4. The van der Waals surface area contributed by atoms with Crippen LogP contribution in [0.25, 0.3) is 22.0 Å². The van der Waals surface area contributed by atoms with Gasteiger partial charge in [-0.2, -0.15) is 0 Å². The molecule has 49 heavy (non-hydrogen) atoms. The van der Waals surface area contributed by atoms with Crippen LogP contribution in [0.2, 0.25) is 0 Å². The van der Waals surface area contributed by atoms with Crippen LogP contribution in [0, 0.1) is 23.5 Å². The van der Waals surface area contributed by atoms with E-state index in [2.05, 4.69) is 59.3 Å². The molecule has 1 amide bonds. The van der Waals surface area contributed by atoms with E-state index in [9.17, 15) is 14.0 Å². The van der Waals surface area contributed by atoms with Crippen LogP contribution in [0.4, 0.5) is 14.6 Å². The van der Waals surface area contributed by atoms with E-state index < -0.39 is 17.7 Å². The summed E-state index contributed by atoms with van der Waals surface area (Å²) in [4.78, 5) is 41.4. The largest absolute Gasteiger partial charge is 0.362 e. The van der Waals surface area contributed by atoms with Gasteiger partial charge in [0.25, 0.3) is 0 Å². The molecule has 2 aliphatic rings. The van der Waals surface area contributed by atoms with Gasteiger partial charge in [-0.15, -0.1) is 0 Å². The Balaban J connectivity index is 0.000000429. The number of oxime groups is 1. The van der Waals surface area contributed by atoms with E-state index >= 15 is 4.39 Å². The summed E-state index contributed by atoms with van der Waals surface area (Å²) in [7, 11) is 1.50. The first-order chi connectivity index (χ1) is 23.7. The minimum Gasteiger partial charge on any atom is -0.362 e. The number of hydrogen-bond acceptors (Lipinski definition) is 8. The van der Waals surface area contributed by atoms with E-state index in [1.807, 2.05) is 6.92 Å². The number of nitrogens with two attached hydrogens (primary N) is 1. The van der Waals surface area contributed by atoms with E-state index in [4.69, 9.17) is 4.84 Å². The van der Waals surface area contributed by atoms with Gasteiger partial charge in [-0.05, 0) is 86.4 Å². The van der Waals surface area contributed by atoms with Crippen LogP contribution in [-0.4, -0.2) is 66.5 Å². The average molecular weight is 679 g/mol. The zero-order valence-electron chi connectivity index (χ0n) is 29.6. The van der Waals surface area contributed by atoms with Crippen LogP contribution in [0.5, 0.6) is 0 Å². The number of benzene rings is 2. The Morgan fingerprint density at radius 1 is 1.10 bits per heavy atom. The Hall–Kier alpha value is -4.25. The second-order valence-corrected chi connectivity index (χ2v) is 12.4. The van der Waals surface area contributed by atoms with Crippen molar-refractivity contribution in [3.05, 3.63) is 65.7 Å². The minimum absolute atomic E-state index is 0.125. The first kappa shape index (κ1) is 39.2. The summed E-state index contributed by atoms with van der Waals surface area (Å²) in [5, 5.41) is 3.98. The summed E-state index contributed by atoms with van der Waals surface area (Å²) in [5.74, 6) is 1.62. The molecule has 1 aromatic heterocycles. The van der Waals surface area contributed by atoms with Gasteiger partial charge in [0.05, 0.1) is 18.0 Å². The second kappa shape index (κ2) is 19.7. The van der Waals surface area contributed by atoms with Crippen molar-refractivity contribution in [1.29, 1.82) is 0 Å². The lowest BCUT2D eigenvalue weighted by atomic mass is 9.94. The summed E-state index contributed by atoms with van der Waals surface area (Å²) in [6.07, 6.45) is 10.9. The molecule has 2 N–H and O–H groups in total. The van der Waals surface area contributed by atoms with Gasteiger partial charge in [0.2, 0.25) is 5.91 Å². The molecule has 0 spiro atoms. The Morgan fingerprint density at radius 2 is 1.84 bits per heavy atom. The van der Waals surface area contributed by atoms with Crippen molar-refractivity contribution in [2.45, 2.75) is 85.1 Å². The topological polar surface area (TPSA) is 114 Å². The van der Waals surface area contributed by atoms with Crippen LogP contribution in [0.1, 0.15) is 78.2 Å². The number of aromatic nitrogens is 2. The minimum atomic E-state index is -0.545. The maximum atomic E-state index is 15.1. The standard InChI is InChI=1S/C28H30F2N4O2.C9H17NO.CH5N/c1-2-18-7-10-33(11-8-18)28-24-15-21(29)14-23(27(24)31-17-32-28)19-5-6-20(25(30)12-19)13-26(36)34-9-3-4-22(34)16-35;1-5-8(3)7-9(6-2)11-10-4;1-2/h5-6,12,14-18,22H,2-4,7-11,13H2,1H3;7-8H,4-6H2,1-3H3;2H2,1H3/b;9-7+;. The Bertz CT molecular complexity index is 1570. The number of hydrogen-bond donors (Lipinski definition) is 1. The molecule has 2 aromatic carbocycles. The van der Waals surface area contributed by atoms with Crippen LogP contribution in [-0.2, 0) is 20.8 Å². The molecule has 2 unspecified atom stereocenters. The van der Waals surface area contributed by atoms with Crippen LogP contribution < -0.4 is 10.6 Å². The van der Waals surface area contributed by atoms with Crippen LogP contribution in [0.3, 0.4) is 0 Å². The van der Waals surface area contributed by atoms with E-state index in [1.165, 1.54) is 36.5 Å². The van der Waals surface area contributed by atoms with E-state index in [0.717, 1.165) is 63.7 Å². The Kier molecular flexibility index (Phi) is 15.7. The molecule has 2 aliphatic heterocycles. The van der Waals surface area contributed by atoms with Crippen molar-refractivity contribution in [3.8, 4) is 11.1 Å². The lowest BCUT2D eigenvalue weighted by Crippen LogP contribution is -2.37. The van der Waals surface area contributed by atoms with Gasteiger partial charge in [-0.1, -0.05) is 51.4 Å². The summed E-state index contributed by atoms with van der Waals surface area (Å²) in [6.45, 7) is 14.0. The number of nitrogens with zero attached hydrogens (tertiary/aromatic N) is 5. The molecule has 266 valence electrons. The fraction of sp³-hybridized carbons (Fsp3) is 0.500. The number of allylic oxidation sites excluding steroid dienone is 2. The van der Waals surface area contributed by atoms with E-state index in [-0.39, 0.29) is 17.9 Å². The maximum Gasteiger partial charge on any atom is 0.227 e. The smallest absolute Gasteiger partial charge is 0.227 e. The zero-order chi connectivity index (χ0) is 35.9. The molecule has 2 saturated heterocycles. The maximum absolute atomic E-state index is 15.1. The lowest BCUT2D eigenvalue weighted by Gasteiger charge is -2.33. The van der Waals surface area contributed by atoms with Crippen molar-refractivity contribution < 1.29 is 23.2 Å². The predicted octanol–water partition coefficient (Wildman–Crippen LogP) is 7.47. The van der Waals surface area contributed by atoms with Crippen molar-refractivity contribution in [3.63, 3.8) is 0 Å². The van der Waals surface area contributed by atoms with Crippen LogP contribution in [0.15, 0.2) is 53.7 Å². The van der Waals surface area contributed by atoms with Crippen LogP contribution >= 0.6 is 0 Å². The third kappa shape index (κ3) is 10.4. The van der Waals surface area contributed by atoms with Crippen molar-refractivity contribution in [2.24, 2.45) is 22.7 Å². The molecule has 3 aromatic rings. The number of piperidine rings is 1. The molecule has 11 heteroatoms. The normalized spacial score (nSPS) is 17.1. The summed E-state index contributed by atoms with van der Waals surface area (Å²) in [6, 6.07) is 6.95. The molecule has 3 heterocycles. The summed E-state index contributed by atoms with van der Waals surface area (Å²) >= 11 is 0. The first-order valence-corrected chi connectivity index (χ1v) is 17.4. The quantitative estimate of drug-likeness (QED) is 0.0969. The molecule has 5 rings (SSSR count). The molecular formula is C38H52F2N6O3. The SMILES string of the molecule is C=NO/C(=C/C(C)CC)CC.CCC1CCN(c2ncnc3c(-c4ccc(CC(=O)N5CCCC5C=O)c(F)c4)cc(F)cc23)CC1.CN. The third-order valence-corrected chi connectivity index (χ3v) is 9.30. The van der Waals surface area contributed by atoms with Gasteiger partial charge in [-0.3, -0.25) is 4.79 Å². The van der Waals surface area contributed by atoms with Gasteiger partial charge in [0.1, 0.15) is 35.8 Å². The van der Waals surface area contributed by atoms with Gasteiger partial charge >= 0.3 is 0 Å². The van der Waals surface area contributed by atoms with Gasteiger partial charge < -0.3 is 25.2 Å². The summed E-state index contributed by atoms with van der Waals surface area (Å²) in [5.41, 5.74) is 6.27.